The molecule has 0 saturated carbocycles. The third-order valence-electron chi connectivity index (χ3n) is 3.36. The zero-order valence-electron chi connectivity index (χ0n) is 13.3. The van der Waals surface area contributed by atoms with Crippen LogP contribution in [0.3, 0.4) is 0 Å². The smallest absolute Gasteiger partial charge is 0.325 e. The van der Waals surface area contributed by atoms with Crippen molar-refractivity contribution in [3.8, 4) is 0 Å². The number of rotatable bonds is 7. The topological polar surface area (TPSA) is 92.2 Å². The SMILES string of the molecule is C=Nc1c(SC)cc2c(=O)n(CC(=O)O)nc(N(C)CCC)n12. The fourth-order valence-electron chi connectivity index (χ4n) is 2.38. The van der Waals surface area contributed by atoms with Crippen LogP contribution in [-0.4, -0.2) is 51.8 Å². The van der Waals surface area contributed by atoms with Crippen molar-refractivity contribution in [3.05, 3.63) is 16.4 Å². The van der Waals surface area contributed by atoms with E-state index in [9.17, 15) is 9.59 Å². The number of aromatic nitrogens is 3. The summed E-state index contributed by atoms with van der Waals surface area (Å²) in [5, 5.41) is 13.2. The standard InChI is InChI=1S/C14H19N5O3S/c1-5-6-17(3)14-16-18(8-11(20)21)13(22)9-7-10(23-4)12(15-2)19(9)14/h7H,2,5-6,8H2,1,3-4H3,(H,20,21). The molecule has 0 bridgehead atoms. The van der Waals surface area contributed by atoms with Crippen LogP contribution in [0.15, 0.2) is 20.7 Å². The van der Waals surface area contributed by atoms with Crippen LogP contribution in [0.25, 0.3) is 5.52 Å². The van der Waals surface area contributed by atoms with Gasteiger partial charge in [0.25, 0.3) is 5.56 Å². The highest BCUT2D eigenvalue weighted by molar-refractivity contribution is 7.98. The van der Waals surface area contributed by atoms with Gasteiger partial charge in [-0.3, -0.25) is 14.0 Å². The molecule has 0 radical (unpaired) electrons. The fourth-order valence-corrected chi connectivity index (χ4v) is 2.95. The molecule has 0 aliphatic rings. The number of aliphatic carboxylic acids is 1. The van der Waals surface area contributed by atoms with Crippen LogP contribution in [0.4, 0.5) is 11.8 Å². The second kappa shape index (κ2) is 6.86. The summed E-state index contributed by atoms with van der Waals surface area (Å²) in [5.41, 5.74) is -0.128. The summed E-state index contributed by atoms with van der Waals surface area (Å²) in [7, 11) is 1.84. The molecule has 0 saturated heterocycles. The minimum atomic E-state index is -1.12. The van der Waals surface area contributed by atoms with E-state index in [0.29, 0.717) is 23.8 Å². The fraction of sp³-hybridized carbons (Fsp3) is 0.429. The monoisotopic (exact) mass is 337 g/mol. The number of carboxylic acids is 1. The maximum atomic E-state index is 12.5. The number of anilines is 1. The average Bonchev–Trinajstić information content (AvgIpc) is 2.88. The Morgan fingerprint density at radius 1 is 1.57 bits per heavy atom. The van der Waals surface area contributed by atoms with Crippen molar-refractivity contribution >= 4 is 41.7 Å². The van der Waals surface area contributed by atoms with E-state index in [1.807, 2.05) is 25.1 Å². The third-order valence-corrected chi connectivity index (χ3v) is 4.10. The van der Waals surface area contributed by atoms with Gasteiger partial charge in [0.15, 0.2) is 5.82 Å². The lowest BCUT2D eigenvalue weighted by molar-refractivity contribution is -0.137. The second-order valence-electron chi connectivity index (χ2n) is 4.99. The van der Waals surface area contributed by atoms with Crippen LogP contribution in [-0.2, 0) is 11.3 Å². The van der Waals surface area contributed by atoms with Crippen molar-refractivity contribution in [3.63, 3.8) is 0 Å². The molecule has 0 aliphatic carbocycles. The van der Waals surface area contributed by atoms with E-state index in [0.717, 1.165) is 16.0 Å². The van der Waals surface area contributed by atoms with Crippen molar-refractivity contribution in [2.75, 3.05) is 24.7 Å². The van der Waals surface area contributed by atoms with Gasteiger partial charge in [-0.2, -0.15) is 0 Å². The van der Waals surface area contributed by atoms with Crippen LogP contribution >= 0.6 is 11.8 Å². The van der Waals surface area contributed by atoms with E-state index in [1.54, 1.807) is 10.5 Å². The molecule has 0 aliphatic heterocycles. The summed E-state index contributed by atoms with van der Waals surface area (Å²) < 4.78 is 2.60. The van der Waals surface area contributed by atoms with Gasteiger partial charge in [-0.25, -0.2) is 9.67 Å². The van der Waals surface area contributed by atoms with Crippen molar-refractivity contribution in [1.29, 1.82) is 0 Å². The largest absolute Gasteiger partial charge is 0.480 e. The second-order valence-corrected chi connectivity index (χ2v) is 5.84. The molecule has 2 aromatic heterocycles. The molecule has 0 amide bonds. The minimum Gasteiger partial charge on any atom is -0.480 e. The van der Waals surface area contributed by atoms with Gasteiger partial charge in [0, 0.05) is 13.6 Å². The molecule has 0 fully saturated rings. The number of nitrogens with zero attached hydrogens (tertiary/aromatic N) is 5. The molecule has 1 N–H and O–H groups in total. The molecular weight excluding hydrogens is 318 g/mol. The van der Waals surface area contributed by atoms with Gasteiger partial charge in [-0.1, -0.05) is 6.92 Å². The highest BCUT2D eigenvalue weighted by Crippen LogP contribution is 2.32. The van der Waals surface area contributed by atoms with Crippen molar-refractivity contribution in [2.24, 2.45) is 4.99 Å². The van der Waals surface area contributed by atoms with Gasteiger partial charge >= 0.3 is 5.97 Å². The van der Waals surface area contributed by atoms with E-state index in [1.165, 1.54) is 11.8 Å². The first kappa shape index (κ1) is 17.1. The Kier molecular flexibility index (Phi) is 5.09. The Bertz CT molecular complexity index is 811. The molecule has 0 spiro atoms. The molecule has 9 heteroatoms. The molecule has 23 heavy (non-hydrogen) atoms. The number of fused-ring (bicyclic) bond motifs is 1. The molecule has 2 aromatic rings. The highest BCUT2D eigenvalue weighted by atomic mass is 32.2. The number of aliphatic imine (C=N–C) groups is 1. The zero-order valence-corrected chi connectivity index (χ0v) is 14.1. The number of hydrogen-bond donors (Lipinski definition) is 1. The lowest BCUT2D eigenvalue weighted by atomic mass is 10.4. The van der Waals surface area contributed by atoms with Crippen molar-refractivity contribution in [1.82, 2.24) is 14.2 Å². The Labute approximate surface area is 137 Å². The lowest BCUT2D eigenvalue weighted by Crippen LogP contribution is -2.32. The summed E-state index contributed by atoms with van der Waals surface area (Å²) in [4.78, 5) is 30.2. The van der Waals surface area contributed by atoms with Crippen LogP contribution in [0, 0.1) is 0 Å². The van der Waals surface area contributed by atoms with Gasteiger partial charge in [0.1, 0.15) is 12.1 Å². The van der Waals surface area contributed by atoms with Gasteiger partial charge in [0.05, 0.1) is 4.90 Å². The summed E-state index contributed by atoms with van der Waals surface area (Å²) >= 11 is 1.44. The van der Waals surface area contributed by atoms with Crippen LogP contribution in [0.5, 0.6) is 0 Å². The number of hydrogen-bond acceptors (Lipinski definition) is 6. The Morgan fingerprint density at radius 2 is 2.26 bits per heavy atom. The van der Waals surface area contributed by atoms with Gasteiger partial charge in [-0.15, -0.1) is 16.9 Å². The van der Waals surface area contributed by atoms with E-state index in [4.69, 9.17) is 5.11 Å². The van der Waals surface area contributed by atoms with E-state index in [2.05, 4.69) is 16.8 Å². The quantitative estimate of drug-likeness (QED) is 0.608. The Hall–Kier alpha value is -2.29. The van der Waals surface area contributed by atoms with E-state index >= 15 is 0 Å². The van der Waals surface area contributed by atoms with Crippen LogP contribution in [0.2, 0.25) is 0 Å². The van der Waals surface area contributed by atoms with Gasteiger partial charge in [0.2, 0.25) is 5.95 Å². The first-order valence-corrected chi connectivity index (χ1v) is 8.27. The van der Waals surface area contributed by atoms with E-state index in [-0.39, 0.29) is 0 Å². The normalized spacial score (nSPS) is 10.9. The first-order chi connectivity index (χ1) is 10.9. The molecule has 0 atom stereocenters. The summed E-state index contributed by atoms with van der Waals surface area (Å²) in [6.45, 7) is 5.82. The summed E-state index contributed by atoms with van der Waals surface area (Å²) in [6, 6.07) is 1.69. The predicted molar refractivity (Wildman–Crippen MR) is 91.6 cm³/mol. The summed E-state index contributed by atoms with van der Waals surface area (Å²) in [6.07, 6.45) is 2.76. The number of carboxylic acid groups (broad SMARTS) is 1. The number of thioether (sulfide) groups is 1. The maximum absolute atomic E-state index is 12.5. The number of carbonyl (C=O) groups is 1. The first-order valence-electron chi connectivity index (χ1n) is 7.04. The molecule has 124 valence electrons. The zero-order chi connectivity index (χ0) is 17.1. The van der Waals surface area contributed by atoms with E-state index < -0.39 is 18.1 Å². The minimum absolute atomic E-state index is 0.339. The van der Waals surface area contributed by atoms with Crippen LogP contribution < -0.4 is 10.5 Å². The Balaban J connectivity index is 2.85. The third kappa shape index (κ3) is 3.09. The van der Waals surface area contributed by atoms with Gasteiger partial charge in [-0.05, 0) is 25.5 Å². The predicted octanol–water partition coefficient (Wildman–Crippen LogP) is 1.48. The van der Waals surface area contributed by atoms with Gasteiger partial charge < -0.3 is 10.0 Å². The maximum Gasteiger partial charge on any atom is 0.325 e. The molecule has 8 nitrogen and oxygen atoms in total. The van der Waals surface area contributed by atoms with Crippen molar-refractivity contribution in [2.45, 2.75) is 24.8 Å². The summed E-state index contributed by atoms with van der Waals surface area (Å²) in [5.74, 6) is -0.116. The van der Waals surface area contributed by atoms with Crippen LogP contribution in [0.1, 0.15) is 13.3 Å². The molecule has 2 heterocycles. The van der Waals surface area contributed by atoms with Crippen molar-refractivity contribution < 1.29 is 9.90 Å². The molecule has 2 rings (SSSR count). The Morgan fingerprint density at radius 3 is 2.78 bits per heavy atom. The lowest BCUT2D eigenvalue weighted by Gasteiger charge is -2.20. The molecule has 0 unspecified atom stereocenters. The molecule has 0 aromatic carbocycles. The highest BCUT2D eigenvalue weighted by Gasteiger charge is 2.20. The average molecular weight is 337 g/mol. The molecular formula is C14H19N5O3S.